The summed E-state index contributed by atoms with van der Waals surface area (Å²) in [5.41, 5.74) is 2.92. The lowest BCUT2D eigenvalue weighted by Crippen LogP contribution is -2.22. The minimum Gasteiger partial charge on any atom is -0.451 e. The van der Waals surface area contributed by atoms with E-state index in [-0.39, 0.29) is 11.3 Å². The number of aromatic nitrogens is 2. The van der Waals surface area contributed by atoms with E-state index >= 15 is 0 Å². The highest BCUT2D eigenvalue weighted by molar-refractivity contribution is 5.84. The van der Waals surface area contributed by atoms with Crippen molar-refractivity contribution in [3.63, 3.8) is 0 Å². The fraction of sp³-hybridized carbons (Fsp3) is 0.0435. The molecule has 3 aromatic carbocycles. The molecule has 4 rings (SSSR count). The van der Waals surface area contributed by atoms with E-state index in [2.05, 4.69) is 5.10 Å². The summed E-state index contributed by atoms with van der Waals surface area (Å²) in [5.74, 6) is 0.876. The standard InChI is InChI=1S/C23H18N2O2/c1-25-23(26)22(27-19-15-9-4-10-16-19)20(17-11-5-2-6-12-17)21(24-25)18-13-7-3-8-14-18/h2-16H,1H3. The SMILES string of the molecule is Cn1nc(-c2ccccc2)c(-c2ccccc2)c(Oc2ccccc2)c1=O. The van der Waals surface area contributed by atoms with Gasteiger partial charge in [0.2, 0.25) is 5.75 Å². The van der Waals surface area contributed by atoms with Crippen LogP contribution in [0.2, 0.25) is 0 Å². The van der Waals surface area contributed by atoms with Crippen molar-refractivity contribution in [2.75, 3.05) is 0 Å². The van der Waals surface area contributed by atoms with E-state index in [1.54, 1.807) is 7.05 Å². The maximum Gasteiger partial charge on any atom is 0.310 e. The largest absolute Gasteiger partial charge is 0.451 e. The number of para-hydroxylation sites is 1. The number of hydrogen-bond donors (Lipinski definition) is 0. The molecule has 4 heteroatoms. The van der Waals surface area contributed by atoms with E-state index in [9.17, 15) is 4.79 Å². The van der Waals surface area contributed by atoms with E-state index in [0.717, 1.165) is 11.1 Å². The van der Waals surface area contributed by atoms with Gasteiger partial charge in [0.1, 0.15) is 11.4 Å². The number of ether oxygens (including phenoxy) is 1. The Labute approximate surface area is 157 Å². The molecular weight excluding hydrogens is 336 g/mol. The van der Waals surface area contributed by atoms with E-state index in [0.29, 0.717) is 17.0 Å². The highest BCUT2D eigenvalue weighted by atomic mass is 16.5. The first-order valence-electron chi connectivity index (χ1n) is 8.69. The van der Waals surface area contributed by atoms with Crippen LogP contribution in [0.1, 0.15) is 0 Å². The Balaban J connectivity index is 2.02. The molecule has 0 aliphatic heterocycles. The highest BCUT2D eigenvalue weighted by Gasteiger charge is 2.21. The van der Waals surface area contributed by atoms with E-state index in [4.69, 9.17) is 4.74 Å². The minimum absolute atomic E-state index is 0.267. The zero-order chi connectivity index (χ0) is 18.6. The minimum atomic E-state index is -0.280. The molecule has 0 fully saturated rings. The van der Waals surface area contributed by atoms with Crippen LogP contribution in [-0.2, 0) is 7.05 Å². The molecule has 132 valence electrons. The Hall–Kier alpha value is -3.66. The van der Waals surface area contributed by atoms with Gasteiger partial charge in [-0.3, -0.25) is 4.79 Å². The lowest BCUT2D eigenvalue weighted by Gasteiger charge is -2.16. The fourth-order valence-corrected chi connectivity index (χ4v) is 2.98. The van der Waals surface area contributed by atoms with Gasteiger partial charge in [-0.2, -0.15) is 5.10 Å². The van der Waals surface area contributed by atoms with Crippen LogP contribution in [0, 0.1) is 0 Å². The first kappa shape index (κ1) is 16.8. The molecule has 0 radical (unpaired) electrons. The van der Waals surface area contributed by atoms with Gasteiger partial charge in [-0.25, -0.2) is 4.68 Å². The van der Waals surface area contributed by atoms with Crippen molar-refractivity contribution < 1.29 is 4.74 Å². The molecule has 0 bridgehead atoms. The summed E-state index contributed by atoms with van der Waals surface area (Å²) in [4.78, 5) is 12.9. The lowest BCUT2D eigenvalue weighted by atomic mass is 9.99. The third-order valence-electron chi connectivity index (χ3n) is 4.27. The third-order valence-corrected chi connectivity index (χ3v) is 4.27. The second kappa shape index (κ2) is 7.30. The first-order valence-corrected chi connectivity index (χ1v) is 8.69. The normalized spacial score (nSPS) is 10.6. The van der Waals surface area contributed by atoms with Crippen molar-refractivity contribution in [1.82, 2.24) is 9.78 Å². The molecule has 0 aliphatic carbocycles. The molecular formula is C23H18N2O2. The second-order valence-corrected chi connectivity index (χ2v) is 6.13. The van der Waals surface area contributed by atoms with Crippen LogP contribution in [0.5, 0.6) is 11.5 Å². The number of aryl methyl sites for hydroxylation is 1. The van der Waals surface area contributed by atoms with Gasteiger partial charge in [0.05, 0.1) is 5.56 Å². The lowest BCUT2D eigenvalue weighted by molar-refractivity contribution is 0.466. The molecule has 0 aliphatic rings. The third kappa shape index (κ3) is 3.37. The zero-order valence-corrected chi connectivity index (χ0v) is 14.9. The molecule has 0 unspecified atom stereocenters. The second-order valence-electron chi connectivity index (χ2n) is 6.13. The predicted octanol–water partition coefficient (Wildman–Crippen LogP) is 4.91. The molecule has 27 heavy (non-hydrogen) atoms. The summed E-state index contributed by atoms with van der Waals surface area (Å²) in [6, 6.07) is 28.9. The van der Waals surface area contributed by atoms with Crippen molar-refractivity contribution in [2.45, 2.75) is 0 Å². The summed E-state index contributed by atoms with van der Waals surface area (Å²) >= 11 is 0. The maximum atomic E-state index is 12.9. The summed E-state index contributed by atoms with van der Waals surface area (Å²) in [7, 11) is 1.64. The van der Waals surface area contributed by atoms with Gasteiger partial charge in [-0.1, -0.05) is 78.9 Å². The number of rotatable bonds is 4. The molecule has 1 aromatic heterocycles. The van der Waals surface area contributed by atoms with Gasteiger partial charge in [-0.05, 0) is 17.7 Å². The Morgan fingerprint density at radius 1 is 0.741 bits per heavy atom. The van der Waals surface area contributed by atoms with Crippen LogP contribution >= 0.6 is 0 Å². The zero-order valence-electron chi connectivity index (χ0n) is 14.9. The maximum absolute atomic E-state index is 12.9. The summed E-state index contributed by atoms with van der Waals surface area (Å²) in [6.45, 7) is 0. The Morgan fingerprint density at radius 3 is 1.85 bits per heavy atom. The van der Waals surface area contributed by atoms with Gasteiger partial charge >= 0.3 is 5.56 Å². The Bertz CT molecular complexity index is 1110. The van der Waals surface area contributed by atoms with Gasteiger partial charge in [-0.15, -0.1) is 0 Å². The van der Waals surface area contributed by atoms with Gasteiger partial charge < -0.3 is 4.74 Å². The summed E-state index contributed by atoms with van der Waals surface area (Å²) in [6.07, 6.45) is 0. The van der Waals surface area contributed by atoms with Crippen molar-refractivity contribution >= 4 is 0 Å². The van der Waals surface area contributed by atoms with Gasteiger partial charge in [0, 0.05) is 12.6 Å². The smallest absolute Gasteiger partial charge is 0.310 e. The predicted molar refractivity (Wildman–Crippen MR) is 107 cm³/mol. The van der Waals surface area contributed by atoms with Crippen molar-refractivity contribution in [2.24, 2.45) is 7.05 Å². The number of hydrogen-bond acceptors (Lipinski definition) is 3. The fourth-order valence-electron chi connectivity index (χ4n) is 2.98. The average Bonchev–Trinajstić information content (AvgIpc) is 2.73. The first-order chi connectivity index (χ1) is 13.2. The van der Waals surface area contributed by atoms with Crippen LogP contribution in [-0.4, -0.2) is 9.78 Å². The topological polar surface area (TPSA) is 44.1 Å². The van der Waals surface area contributed by atoms with Crippen molar-refractivity contribution in [1.29, 1.82) is 0 Å². The number of nitrogens with zero attached hydrogens (tertiary/aromatic N) is 2. The van der Waals surface area contributed by atoms with Crippen LogP contribution in [0.25, 0.3) is 22.4 Å². The van der Waals surface area contributed by atoms with Gasteiger partial charge in [0.25, 0.3) is 0 Å². The van der Waals surface area contributed by atoms with E-state index < -0.39 is 0 Å². The van der Waals surface area contributed by atoms with E-state index in [1.165, 1.54) is 4.68 Å². The van der Waals surface area contributed by atoms with Gasteiger partial charge in [0.15, 0.2) is 0 Å². The van der Waals surface area contributed by atoms with Crippen molar-refractivity contribution in [3.8, 4) is 33.9 Å². The van der Waals surface area contributed by atoms with Crippen LogP contribution in [0.4, 0.5) is 0 Å². The molecule has 4 nitrogen and oxygen atoms in total. The molecule has 1 heterocycles. The number of benzene rings is 3. The Morgan fingerprint density at radius 2 is 1.26 bits per heavy atom. The molecule has 0 amide bonds. The molecule has 0 saturated carbocycles. The van der Waals surface area contributed by atoms with Crippen LogP contribution in [0.15, 0.2) is 95.8 Å². The molecule has 0 spiro atoms. The molecule has 0 atom stereocenters. The summed E-state index contributed by atoms with van der Waals surface area (Å²) in [5, 5.41) is 4.55. The molecule has 4 aromatic rings. The molecule has 0 N–H and O–H groups in total. The van der Waals surface area contributed by atoms with E-state index in [1.807, 2.05) is 91.0 Å². The molecule has 0 saturated heterocycles. The Kier molecular flexibility index (Phi) is 4.54. The average molecular weight is 354 g/mol. The van der Waals surface area contributed by atoms with Crippen LogP contribution in [0.3, 0.4) is 0 Å². The highest BCUT2D eigenvalue weighted by Crippen LogP contribution is 2.37. The quantitative estimate of drug-likeness (QED) is 0.523. The summed E-state index contributed by atoms with van der Waals surface area (Å²) < 4.78 is 7.39. The van der Waals surface area contributed by atoms with Crippen LogP contribution < -0.4 is 10.3 Å². The van der Waals surface area contributed by atoms with Crippen molar-refractivity contribution in [3.05, 3.63) is 101 Å². The monoisotopic (exact) mass is 354 g/mol.